The van der Waals surface area contributed by atoms with E-state index in [-0.39, 0.29) is 17.6 Å². The number of rotatable bonds is 14. The number of esters is 1. The third kappa shape index (κ3) is 9.78. The van der Waals surface area contributed by atoms with Crippen LogP contribution in [0.25, 0.3) is 0 Å². The molecule has 0 unspecified atom stereocenters. The second kappa shape index (κ2) is 17.0. The summed E-state index contributed by atoms with van der Waals surface area (Å²) in [5, 5.41) is 0. The minimum Gasteiger partial charge on any atom is -0.423 e. The number of ether oxygens (including phenoxy) is 1. The molecule has 1 aromatic rings. The SMILES string of the molecule is CCCCCC1CCC(CCc2ccc(OC(=O)C3CCC(C4CCC(CCCCC)CC4)CC3)c(F)c2F)CC1. The third-order valence-electron chi connectivity index (χ3n) is 11.2. The first-order valence-electron chi connectivity index (χ1n) is 17.7. The van der Waals surface area contributed by atoms with Crippen molar-refractivity contribution in [1.29, 1.82) is 0 Å². The first kappa shape index (κ1) is 32.5. The summed E-state index contributed by atoms with van der Waals surface area (Å²) in [5.74, 6) is 1.23. The van der Waals surface area contributed by atoms with Crippen LogP contribution in [0.2, 0.25) is 0 Å². The summed E-state index contributed by atoms with van der Waals surface area (Å²) in [5.41, 5.74) is 0.410. The number of aryl methyl sites for hydroxylation is 1. The Morgan fingerprint density at radius 2 is 1.15 bits per heavy atom. The van der Waals surface area contributed by atoms with Gasteiger partial charge in [-0.1, -0.05) is 110 Å². The zero-order valence-corrected chi connectivity index (χ0v) is 26.2. The maximum absolute atomic E-state index is 14.9. The van der Waals surface area contributed by atoms with Crippen molar-refractivity contribution in [2.75, 3.05) is 0 Å². The highest BCUT2D eigenvalue weighted by atomic mass is 19.2. The quantitative estimate of drug-likeness (QED) is 0.126. The lowest BCUT2D eigenvalue weighted by atomic mass is 9.68. The summed E-state index contributed by atoms with van der Waals surface area (Å²) in [4.78, 5) is 12.9. The van der Waals surface area contributed by atoms with Crippen molar-refractivity contribution < 1.29 is 18.3 Å². The summed E-state index contributed by atoms with van der Waals surface area (Å²) >= 11 is 0. The van der Waals surface area contributed by atoms with Gasteiger partial charge in [-0.2, -0.15) is 4.39 Å². The average molecular weight is 573 g/mol. The Kier molecular flexibility index (Phi) is 13.5. The largest absolute Gasteiger partial charge is 0.423 e. The Hall–Kier alpha value is -1.45. The molecule has 0 radical (unpaired) electrons. The molecular weight excluding hydrogens is 514 g/mol. The van der Waals surface area contributed by atoms with Crippen molar-refractivity contribution in [3.63, 3.8) is 0 Å². The van der Waals surface area contributed by atoms with Gasteiger partial charge < -0.3 is 4.74 Å². The van der Waals surface area contributed by atoms with Crippen molar-refractivity contribution in [3.05, 3.63) is 29.3 Å². The molecule has 0 amide bonds. The molecule has 0 atom stereocenters. The molecule has 3 fully saturated rings. The van der Waals surface area contributed by atoms with Crippen molar-refractivity contribution in [3.8, 4) is 5.75 Å². The van der Waals surface area contributed by atoms with Gasteiger partial charge in [-0.15, -0.1) is 0 Å². The molecule has 0 aliphatic heterocycles. The van der Waals surface area contributed by atoms with Gasteiger partial charge in [0.2, 0.25) is 5.82 Å². The summed E-state index contributed by atoms with van der Waals surface area (Å²) in [6.45, 7) is 4.52. The third-order valence-corrected chi connectivity index (χ3v) is 11.2. The van der Waals surface area contributed by atoms with E-state index in [1.54, 1.807) is 6.07 Å². The first-order valence-corrected chi connectivity index (χ1v) is 17.7. The van der Waals surface area contributed by atoms with Crippen LogP contribution in [0.4, 0.5) is 8.78 Å². The Bertz CT molecular complexity index is 906. The molecule has 2 nitrogen and oxygen atoms in total. The molecule has 0 bridgehead atoms. The van der Waals surface area contributed by atoms with Gasteiger partial charge in [0, 0.05) is 0 Å². The maximum Gasteiger partial charge on any atom is 0.314 e. The van der Waals surface area contributed by atoms with Gasteiger partial charge in [-0.3, -0.25) is 4.79 Å². The molecule has 0 saturated heterocycles. The van der Waals surface area contributed by atoms with Crippen LogP contribution in [0.15, 0.2) is 12.1 Å². The van der Waals surface area contributed by atoms with E-state index in [2.05, 4.69) is 13.8 Å². The molecule has 0 spiro atoms. The van der Waals surface area contributed by atoms with Crippen LogP contribution in [0.3, 0.4) is 0 Å². The summed E-state index contributed by atoms with van der Waals surface area (Å²) in [6, 6.07) is 3.10. The Morgan fingerprint density at radius 1 is 0.659 bits per heavy atom. The minimum absolute atomic E-state index is 0.198. The van der Waals surface area contributed by atoms with Crippen LogP contribution < -0.4 is 4.74 Å². The van der Waals surface area contributed by atoms with Gasteiger partial charge in [0.25, 0.3) is 0 Å². The van der Waals surface area contributed by atoms with Crippen LogP contribution in [0.5, 0.6) is 5.75 Å². The Labute approximate surface area is 249 Å². The molecule has 3 aliphatic rings. The highest BCUT2D eigenvalue weighted by Gasteiger charge is 2.34. The Balaban J connectivity index is 1.17. The van der Waals surface area contributed by atoms with E-state index < -0.39 is 11.6 Å². The van der Waals surface area contributed by atoms with Crippen molar-refractivity contribution in [1.82, 2.24) is 0 Å². The molecule has 3 aliphatic carbocycles. The highest BCUT2D eigenvalue weighted by molar-refractivity contribution is 5.75. The fraction of sp³-hybridized carbons (Fsp3) is 0.811. The van der Waals surface area contributed by atoms with E-state index in [0.717, 1.165) is 49.9 Å². The van der Waals surface area contributed by atoms with Gasteiger partial charge in [-0.25, -0.2) is 4.39 Å². The molecular formula is C37H58F2O2. The van der Waals surface area contributed by atoms with E-state index in [0.29, 0.717) is 23.8 Å². The zero-order valence-electron chi connectivity index (χ0n) is 26.2. The molecule has 41 heavy (non-hydrogen) atoms. The fourth-order valence-electron chi connectivity index (χ4n) is 8.34. The number of halogens is 2. The van der Waals surface area contributed by atoms with E-state index in [9.17, 15) is 13.6 Å². The summed E-state index contributed by atoms with van der Waals surface area (Å²) in [7, 11) is 0. The number of carbonyl (C=O) groups excluding carboxylic acids is 1. The molecule has 1 aromatic carbocycles. The van der Waals surface area contributed by atoms with Crippen LogP contribution in [-0.4, -0.2) is 5.97 Å². The topological polar surface area (TPSA) is 26.3 Å². The molecule has 0 N–H and O–H groups in total. The van der Waals surface area contributed by atoms with Gasteiger partial charge in [0.15, 0.2) is 11.6 Å². The van der Waals surface area contributed by atoms with Gasteiger partial charge in [-0.05, 0) is 92.6 Å². The molecule has 3 saturated carbocycles. The number of hydrogen-bond acceptors (Lipinski definition) is 2. The van der Waals surface area contributed by atoms with Gasteiger partial charge >= 0.3 is 5.97 Å². The van der Waals surface area contributed by atoms with E-state index in [1.807, 2.05) is 0 Å². The van der Waals surface area contributed by atoms with Crippen LogP contribution in [0, 0.1) is 47.1 Å². The number of carbonyl (C=O) groups is 1. The summed E-state index contributed by atoms with van der Waals surface area (Å²) < 4.78 is 35.3. The molecule has 4 rings (SSSR count). The predicted molar refractivity (Wildman–Crippen MR) is 165 cm³/mol. The smallest absolute Gasteiger partial charge is 0.314 e. The first-order chi connectivity index (χ1) is 20.0. The normalized spacial score (nSPS) is 28.9. The van der Waals surface area contributed by atoms with E-state index in [1.165, 1.54) is 109 Å². The van der Waals surface area contributed by atoms with Crippen LogP contribution in [0.1, 0.15) is 154 Å². The molecule has 0 heterocycles. The number of hydrogen-bond donors (Lipinski definition) is 0. The van der Waals surface area contributed by atoms with Gasteiger partial charge in [0.1, 0.15) is 0 Å². The predicted octanol–water partition coefficient (Wildman–Crippen LogP) is 11.4. The minimum atomic E-state index is -1.00. The Morgan fingerprint density at radius 3 is 1.68 bits per heavy atom. The number of benzene rings is 1. The molecule has 4 heteroatoms. The van der Waals surface area contributed by atoms with Crippen molar-refractivity contribution >= 4 is 5.97 Å². The maximum atomic E-state index is 14.9. The van der Waals surface area contributed by atoms with E-state index in [4.69, 9.17) is 4.74 Å². The van der Waals surface area contributed by atoms with Crippen LogP contribution in [-0.2, 0) is 11.2 Å². The standard InChI is InChI=1S/C37H58F2O2/c1-3-5-7-9-27-11-13-29(14-12-27)17-20-32-25-26-34(36(39)35(32)38)41-37(40)33-23-21-31(22-24-33)30-18-15-28(16-19-30)10-8-6-4-2/h25-31,33H,3-24H2,1-2H3. The van der Waals surface area contributed by atoms with Gasteiger partial charge in [0.05, 0.1) is 5.92 Å². The molecule has 232 valence electrons. The lowest BCUT2D eigenvalue weighted by Crippen LogP contribution is -2.30. The summed E-state index contributed by atoms with van der Waals surface area (Å²) in [6.07, 6.45) is 26.3. The van der Waals surface area contributed by atoms with Crippen LogP contribution >= 0.6 is 0 Å². The fourth-order valence-corrected chi connectivity index (χ4v) is 8.34. The number of unbranched alkanes of at least 4 members (excludes halogenated alkanes) is 4. The van der Waals surface area contributed by atoms with Crippen molar-refractivity contribution in [2.24, 2.45) is 35.5 Å². The van der Waals surface area contributed by atoms with Crippen molar-refractivity contribution in [2.45, 2.75) is 155 Å². The zero-order chi connectivity index (χ0) is 29.0. The van der Waals surface area contributed by atoms with E-state index >= 15 is 0 Å². The lowest BCUT2D eigenvalue weighted by molar-refractivity contribution is -0.140. The second-order valence-electron chi connectivity index (χ2n) is 14.1. The monoisotopic (exact) mass is 572 g/mol. The average Bonchev–Trinajstić information content (AvgIpc) is 3.00. The lowest BCUT2D eigenvalue weighted by Gasteiger charge is -2.37. The highest BCUT2D eigenvalue weighted by Crippen LogP contribution is 2.43. The molecule has 0 aromatic heterocycles. The second-order valence-corrected chi connectivity index (χ2v) is 14.1.